The number of hydrogen-bond donors (Lipinski definition) is 1. The minimum absolute atomic E-state index is 0.247. The number of aromatic nitrogens is 2. The number of nitrogens with zero attached hydrogens (tertiary/aromatic N) is 2. The molecule has 0 amide bonds. The third-order valence-corrected chi connectivity index (χ3v) is 6.54. The molecule has 3 heterocycles. The number of ether oxygens (including phenoxy) is 2. The fourth-order valence-corrected chi connectivity index (χ4v) is 5.02. The summed E-state index contributed by atoms with van der Waals surface area (Å²) in [6.45, 7) is 3.77. The second kappa shape index (κ2) is 8.10. The van der Waals surface area contributed by atoms with E-state index in [2.05, 4.69) is 4.98 Å². The van der Waals surface area contributed by atoms with Gasteiger partial charge >= 0.3 is 5.97 Å². The molecular formula is C25H24ClN3O3. The zero-order valence-corrected chi connectivity index (χ0v) is 18.8. The van der Waals surface area contributed by atoms with Crippen LogP contribution in [0.3, 0.4) is 0 Å². The van der Waals surface area contributed by atoms with Gasteiger partial charge in [-0.25, -0.2) is 14.8 Å². The lowest BCUT2D eigenvalue weighted by Crippen LogP contribution is -2.26. The molecule has 1 aromatic carbocycles. The lowest BCUT2D eigenvalue weighted by molar-refractivity contribution is -0.139. The molecule has 5 rings (SSSR count). The normalized spacial score (nSPS) is 17.5. The van der Waals surface area contributed by atoms with Crippen LogP contribution < -0.4 is 10.5 Å². The maximum atomic E-state index is 13.1. The number of benzene rings is 1. The molecule has 6 nitrogen and oxygen atoms in total. The third kappa shape index (κ3) is 3.30. The summed E-state index contributed by atoms with van der Waals surface area (Å²) in [4.78, 5) is 22.5. The molecule has 7 heteroatoms. The van der Waals surface area contributed by atoms with Crippen molar-refractivity contribution in [3.63, 3.8) is 0 Å². The molecule has 0 bridgehead atoms. The molecule has 2 aromatic heterocycles. The molecule has 0 fully saturated rings. The number of anilines is 1. The zero-order valence-electron chi connectivity index (χ0n) is 18.1. The van der Waals surface area contributed by atoms with Gasteiger partial charge in [-0.3, -0.25) is 0 Å². The van der Waals surface area contributed by atoms with Crippen LogP contribution in [0.5, 0.6) is 5.88 Å². The number of aryl methyl sites for hydroxylation is 1. The van der Waals surface area contributed by atoms with E-state index in [0.29, 0.717) is 39.2 Å². The number of halogens is 1. The van der Waals surface area contributed by atoms with Gasteiger partial charge in [0.05, 0.1) is 29.2 Å². The molecular weight excluding hydrogens is 426 g/mol. The molecule has 0 saturated heterocycles. The Bertz CT molecular complexity index is 1290. The van der Waals surface area contributed by atoms with Crippen molar-refractivity contribution >= 4 is 34.2 Å². The van der Waals surface area contributed by atoms with Crippen LogP contribution in [0.15, 0.2) is 41.7 Å². The lowest BCUT2D eigenvalue weighted by Gasteiger charge is -2.32. The van der Waals surface area contributed by atoms with Gasteiger partial charge in [-0.05, 0) is 57.2 Å². The monoisotopic (exact) mass is 449 g/mol. The van der Waals surface area contributed by atoms with Gasteiger partial charge in [-0.2, -0.15) is 0 Å². The summed E-state index contributed by atoms with van der Waals surface area (Å²) in [6, 6.07) is 9.70. The fraction of sp³-hybridized carbons (Fsp3) is 0.320. The first-order chi connectivity index (χ1) is 15.5. The number of carbonyl (C=O) groups excluding carboxylic acids is 1. The number of nitrogen functional groups attached to an aromatic ring is 1. The molecule has 0 saturated carbocycles. The van der Waals surface area contributed by atoms with Gasteiger partial charge in [0.15, 0.2) is 0 Å². The van der Waals surface area contributed by atoms with Crippen molar-refractivity contribution in [3.05, 3.63) is 69.2 Å². The molecule has 1 unspecified atom stereocenters. The molecule has 164 valence electrons. The Morgan fingerprint density at radius 2 is 2.03 bits per heavy atom. The highest BCUT2D eigenvalue weighted by Gasteiger charge is 2.40. The number of pyridine rings is 2. The van der Waals surface area contributed by atoms with Crippen molar-refractivity contribution in [2.24, 2.45) is 0 Å². The van der Waals surface area contributed by atoms with E-state index in [-0.39, 0.29) is 6.61 Å². The number of fused-ring (bicyclic) bond motifs is 3. The van der Waals surface area contributed by atoms with Gasteiger partial charge in [-0.15, -0.1) is 0 Å². The predicted octanol–water partition coefficient (Wildman–Crippen LogP) is 5.11. The highest BCUT2D eigenvalue weighted by atomic mass is 35.5. The average Bonchev–Trinajstić information content (AvgIpc) is 2.78. The molecule has 3 aromatic rings. The summed E-state index contributed by atoms with van der Waals surface area (Å²) in [5.74, 6) is -0.167. The van der Waals surface area contributed by atoms with Crippen molar-refractivity contribution in [2.45, 2.75) is 45.4 Å². The van der Waals surface area contributed by atoms with Crippen molar-refractivity contribution in [3.8, 4) is 5.88 Å². The second-order valence-corrected chi connectivity index (χ2v) is 8.52. The van der Waals surface area contributed by atoms with E-state index in [0.717, 1.165) is 47.8 Å². The maximum absolute atomic E-state index is 13.1. The average molecular weight is 450 g/mol. The maximum Gasteiger partial charge on any atom is 0.338 e. The quantitative estimate of drug-likeness (QED) is 0.441. The van der Waals surface area contributed by atoms with Crippen molar-refractivity contribution in [1.29, 1.82) is 0 Å². The molecule has 0 spiro atoms. The van der Waals surface area contributed by atoms with E-state index < -0.39 is 11.9 Å². The lowest BCUT2D eigenvalue weighted by atomic mass is 9.80. The zero-order chi connectivity index (χ0) is 22.4. The summed E-state index contributed by atoms with van der Waals surface area (Å²) in [6.07, 6.45) is 3.86. The predicted molar refractivity (Wildman–Crippen MR) is 124 cm³/mol. The van der Waals surface area contributed by atoms with Crippen molar-refractivity contribution in [2.75, 3.05) is 12.3 Å². The van der Waals surface area contributed by atoms with Crippen LogP contribution in [0.1, 0.15) is 55.0 Å². The molecule has 0 radical (unpaired) electrons. The standard InChI is InChI=1S/C25H24ClN3O3/c1-3-31-25(30)19-13(2)32-24-21(22(27)15-9-5-7-11-18(15)29-24)20(19)16-12-14-8-4-6-10-17(14)28-23(16)26/h4,6,8,10,12,20H,3,5,7,9,11H2,1-2H3,(H2,27,29). The van der Waals surface area contributed by atoms with Gasteiger partial charge < -0.3 is 15.2 Å². The molecule has 1 atom stereocenters. The molecule has 2 aliphatic rings. The van der Waals surface area contributed by atoms with Crippen molar-refractivity contribution in [1.82, 2.24) is 9.97 Å². The van der Waals surface area contributed by atoms with Gasteiger partial charge in [0.25, 0.3) is 0 Å². The van der Waals surface area contributed by atoms with Gasteiger partial charge in [0, 0.05) is 22.3 Å². The van der Waals surface area contributed by atoms with Crippen LogP contribution in [-0.2, 0) is 22.4 Å². The van der Waals surface area contributed by atoms with E-state index in [1.165, 1.54) is 0 Å². The molecule has 1 aliphatic heterocycles. The largest absolute Gasteiger partial charge is 0.463 e. The first-order valence-electron chi connectivity index (χ1n) is 10.9. The Morgan fingerprint density at radius 3 is 2.84 bits per heavy atom. The smallest absolute Gasteiger partial charge is 0.338 e. The van der Waals surface area contributed by atoms with Crippen LogP contribution in [0.2, 0.25) is 5.15 Å². The van der Waals surface area contributed by atoms with Crippen LogP contribution in [-0.4, -0.2) is 22.5 Å². The summed E-state index contributed by atoms with van der Waals surface area (Å²) >= 11 is 6.71. The van der Waals surface area contributed by atoms with Gasteiger partial charge in [-0.1, -0.05) is 29.8 Å². The topological polar surface area (TPSA) is 87.3 Å². The first-order valence-corrected chi connectivity index (χ1v) is 11.3. The van der Waals surface area contributed by atoms with E-state index in [9.17, 15) is 4.79 Å². The number of nitrogens with two attached hydrogens (primary N) is 1. The number of carbonyl (C=O) groups is 1. The highest BCUT2D eigenvalue weighted by Crippen LogP contribution is 2.49. The number of hydrogen-bond acceptors (Lipinski definition) is 6. The van der Waals surface area contributed by atoms with E-state index in [1.54, 1.807) is 13.8 Å². The van der Waals surface area contributed by atoms with Gasteiger partial charge in [0.2, 0.25) is 5.88 Å². The molecule has 2 N–H and O–H groups in total. The van der Waals surface area contributed by atoms with E-state index in [1.807, 2.05) is 30.3 Å². The summed E-state index contributed by atoms with van der Waals surface area (Å²) in [5, 5.41) is 1.23. The Kier molecular flexibility index (Phi) is 5.25. The van der Waals surface area contributed by atoms with Crippen LogP contribution in [0.25, 0.3) is 10.9 Å². The van der Waals surface area contributed by atoms with Crippen LogP contribution >= 0.6 is 11.6 Å². The Morgan fingerprint density at radius 1 is 1.25 bits per heavy atom. The summed E-state index contributed by atoms with van der Waals surface area (Å²) in [7, 11) is 0. The summed E-state index contributed by atoms with van der Waals surface area (Å²) < 4.78 is 11.5. The Hall–Kier alpha value is -3.12. The summed E-state index contributed by atoms with van der Waals surface area (Å²) in [5.41, 5.74) is 11.9. The fourth-order valence-electron chi connectivity index (χ4n) is 4.76. The Balaban J connectivity index is 1.80. The highest BCUT2D eigenvalue weighted by molar-refractivity contribution is 6.30. The minimum Gasteiger partial charge on any atom is -0.463 e. The van der Waals surface area contributed by atoms with Crippen LogP contribution in [0.4, 0.5) is 5.69 Å². The molecule has 32 heavy (non-hydrogen) atoms. The van der Waals surface area contributed by atoms with E-state index in [4.69, 9.17) is 31.8 Å². The number of rotatable bonds is 3. The SMILES string of the molecule is CCOC(=O)C1=C(C)Oc2nc3c(c(N)c2C1c1cc2ccccc2nc1Cl)CCCC3. The van der Waals surface area contributed by atoms with Crippen molar-refractivity contribution < 1.29 is 14.3 Å². The second-order valence-electron chi connectivity index (χ2n) is 8.16. The molecule has 1 aliphatic carbocycles. The number of allylic oxidation sites excluding steroid dienone is 1. The number of esters is 1. The van der Waals surface area contributed by atoms with E-state index >= 15 is 0 Å². The Labute approximate surface area is 191 Å². The minimum atomic E-state index is -0.581. The first kappa shape index (κ1) is 20.8. The number of para-hydroxylation sites is 1. The van der Waals surface area contributed by atoms with Crippen LogP contribution in [0, 0.1) is 0 Å². The third-order valence-electron chi connectivity index (χ3n) is 6.24. The van der Waals surface area contributed by atoms with Gasteiger partial charge in [0.1, 0.15) is 10.9 Å².